The van der Waals surface area contributed by atoms with E-state index >= 15 is 0 Å². The Kier molecular flexibility index (Phi) is 8.86. The summed E-state index contributed by atoms with van der Waals surface area (Å²) >= 11 is 6.22. The number of unbranched alkanes of at least 4 members (excludes halogenated alkanes) is 1. The number of halogens is 1. The summed E-state index contributed by atoms with van der Waals surface area (Å²) in [5.41, 5.74) is 5.47. The molecule has 1 atom stereocenters. The van der Waals surface area contributed by atoms with E-state index in [2.05, 4.69) is 17.1 Å². The number of primary amides is 1. The first kappa shape index (κ1) is 22.3. The molecule has 1 aromatic carbocycles. The van der Waals surface area contributed by atoms with Crippen molar-refractivity contribution in [2.24, 2.45) is 5.73 Å². The van der Waals surface area contributed by atoms with Crippen molar-refractivity contribution in [3.8, 4) is 11.5 Å². The molecular weight excluding hydrogens is 382 g/mol. The van der Waals surface area contributed by atoms with E-state index in [-0.39, 0.29) is 29.0 Å². The van der Waals surface area contributed by atoms with Gasteiger partial charge in [0.2, 0.25) is 0 Å². The minimum Gasteiger partial charge on any atom is -0.493 e. The molecule has 0 radical (unpaired) electrons. The van der Waals surface area contributed by atoms with Crippen LogP contribution in [0.5, 0.6) is 11.5 Å². The number of likely N-dealkylation sites (tertiary alicyclic amines) is 1. The van der Waals surface area contributed by atoms with E-state index in [4.69, 9.17) is 26.8 Å². The highest BCUT2D eigenvalue weighted by Crippen LogP contribution is 2.36. The minimum atomic E-state index is -0.625. The lowest BCUT2D eigenvalue weighted by molar-refractivity contribution is -0.119. The van der Waals surface area contributed by atoms with Crippen LogP contribution in [0.1, 0.15) is 49.4 Å². The molecule has 1 aromatic rings. The number of amides is 2. The number of rotatable bonds is 10. The van der Waals surface area contributed by atoms with Crippen molar-refractivity contribution in [3.05, 3.63) is 22.7 Å². The molecule has 2 amide bonds. The van der Waals surface area contributed by atoms with Crippen LogP contribution in [0.15, 0.2) is 12.1 Å². The fraction of sp³-hybridized carbons (Fsp3) is 0.600. The van der Waals surface area contributed by atoms with Gasteiger partial charge in [0.1, 0.15) is 0 Å². The van der Waals surface area contributed by atoms with Crippen LogP contribution in [-0.2, 0) is 4.79 Å². The maximum atomic E-state index is 12.6. The predicted octanol–water partition coefficient (Wildman–Crippen LogP) is 2.60. The number of piperidine rings is 1. The van der Waals surface area contributed by atoms with Gasteiger partial charge in [0.15, 0.2) is 18.1 Å². The number of methoxy groups -OCH3 is 1. The van der Waals surface area contributed by atoms with Crippen LogP contribution in [0.4, 0.5) is 0 Å². The number of hydrogen-bond acceptors (Lipinski definition) is 5. The minimum absolute atomic E-state index is 0.188. The smallest absolute Gasteiger partial charge is 0.255 e. The van der Waals surface area contributed by atoms with Crippen LogP contribution in [0.25, 0.3) is 0 Å². The molecule has 1 aliphatic heterocycles. The molecule has 0 aliphatic carbocycles. The lowest BCUT2D eigenvalue weighted by Gasteiger charge is -2.35. The molecule has 28 heavy (non-hydrogen) atoms. The molecule has 8 heteroatoms. The van der Waals surface area contributed by atoms with Crippen molar-refractivity contribution < 1.29 is 19.1 Å². The predicted molar refractivity (Wildman–Crippen MR) is 109 cm³/mol. The van der Waals surface area contributed by atoms with Gasteiger partial charge in [-0.3, -0.25) is 14.5 Å². The monoisotopic (exact) mass is 411 g/mol. The zero-order chi connectivity index (χ0) is 20.5. The van der Waals surface area contributed by atoms with E-state index in [0.29, 0.717) is 18.2 Å². The second-order valence-corrected chi connectivity index (χ2v) is 7.40. The van der Waals surface area contributed by atoms with Crippen LogP contribution in [0.3, 0.4) is 0 Å². The fourth-order valence-electron chi connectivity index (χ4n) is 3.39. The SMILES string of the molecule is CCCCN1CCCC[C@@H]1CNC(=O)c1cc(Cl)c(OCC(N)=O)c(OC)c1. The van der Waals surface area contributed by atoms with Gasteiger partial charge in [-0.15, -0.1) is 0 Å². The van der Waals surface area contributed by atoms with Gasteiger partial charge >= 0.3 is 0 Å². The molecule has 1 heterocycles. The van der Waals surface area contributed by atoms with E-state index < -0.39 is 5.91 Å². The van der Waals surface area contributed by atoms with Gasteiger partial charge in [-0.1, -0.05) is 31.4 Å². The maximum absolute atomic E-state index is 12.6. The molecule has 0 aromatic heterocycles. The molecular formula is C20H30ClN3O4. The first-order chi connectivity index (χ1) is 13.5. The molecule has 3 N–H and O–H groups in total. The van der Waals surface area contributed by atoms with Crippen LogP contribution >= 0.6 is 11.6 Å². The number of carbonyl (C=O) groups is 2. The zero-order valence-electron chi connectivity index (χ0n) is 16.6. The van der Waals surface area contributed by atoms with Crippen molar-refractivity contribution in [1.29, 1.82) is 0 Å². The largest absolute Gasteiger partial charge is 0.493 e. The second-order valence-electron chi connectivity index (χ2n) is 6.99. The highest BCUT2D eigenvalue weighted by atomic mass is 35.5. The number of benzene rings is 1. The molecule has 7 nitrogen and oxygen atoms in total. The average Bonchev–Trinajstić information content (AvgIpc) is 2.69. The molecule has 1 saturated heterocycles. The Hall–Kier alpha value is -1.99. The molecule has 2 rings (SSSR count). The summed E-state index contributed by atoms with van der Waals surface area (Å²) in [6, 6.07) is 3.42. The van der Waals surface area contributed by atoms with E-state index in [0.717, 1.165) is 25.9 Å². The number of hydrogen-bond donors (Lipinski definition) is 2. The van der Waals surface area contributed by atoms with E-state index in [1.165, 1.54) is 32.4 Å². The molecule has 0 spiro atoms. The maximum Gasteiger partial charge on any atom is 0.255 e. The first-order valence-corrected chi connectivity index (χ1v) is 10.1. The summed E-state index contributed by atoms with van der Waals surface area (Å²) < 4.78 is 10.5. The van der Waals surface area contributed by atoms with Gasteiger partial charge < -0.3 is 20.5 Å². The van der Waals surface area contributed by atoms with Crippen LogP contribution in [0.2, 0.25) is 5.02 Å². The number of ether oxygens (including phenoxy) is 2. The highest BCUT2D eigenvalue weighted by Gasteiger charge is 2.23. The third kappa shape index (κ3) is 6.27. The fourth-order valence-corrected chi connectivity index (χ4v) is 3.66. The van der Waals surface area contributed by atoms with Gasteiger partial charge in [0, 0.05) is 18.2 Å². The Balaban J connectivity index is 2.03. The topological polar surface area (TPSA) is 93.9 Å². The number of nitrogens with two attached hydrogens (primary N) is 1. The third-order valence-electron chi connectivity index (χ3n) is 4.90. The van der Waals surface area contributed by atoms with Crippen molar-refractivity contribution in [1.82, 2.24) is 10.2 Å². The Morgan fingerprint density at radius 3 is 2.82 bits per heavy atom. The summed E-state index contributed by atoms with van der Waals surface area (Å²) in [5, 5.41) is 3.20. The molecule has 1 fully saturated rings. The molecule has 1 aliphatic rings. The van der Waals surface area contributed by atoms with Gasteiger partial charge in [-0.25, -0.2) is 0 Å². The van der Waals surface area contributed by atoms with E-state index in [1.54, 1.807) is 6.07 Å². The van der Waals surface area contributed by atoms with Gasteiger partial charge in [-0.05, 0) is 44.5 Å². The standard InChI is InChI=1S/C20H30ClN3O4/c1-3-4-8-24-9-6-5-7-15(24)12-23-20(26)14-10-16(21)19(17(11-14)27-2)28-13-18(22)25/h10-11,15H,3-9,12-13H2,1-2H3,(H2,22,25)(H,23,26)/t15-/m1/s1. The number of carbonyl (C=O) groups excluding carboxylic acids is 2. The van der Waals surface area contributed by atoms with E-state index in [1.807, 2.05) is 0 Å². The summed E-state index contributed by atoms with van der Waals surface area (Å²) in [5.74, 6) is -0.374. The van der Waals surface area contributed by atoms with Crippen molar-refractivity contribution >= 4 is 23.4 Å². The summed E-state index contributed by atoms with van der Waals surface area (Å²) in [4.78, 5) is 26.1. The molecule has 0 bridgehead atoms. The molecule has 0 unspecified atom stereocenters. The normalized spacial score (nSPS) is 17.2. The Morgan fingerprint density at radius 1 is 1.36 bits per heavy atom. The summed E-state index contributed by atoms with van der Waals surface area (Å²) in [6.45, 7) is 4.63. The lowest BCUT2D eigenvalue weighted by atomic mass is 10.0. The quantitative estimate of drug-likeness (QED) is 0.617. The van der Waals surface area contributed by atoms with Crippen LogP contribution in [0, 0.1) is 0 Å². The Bertz CT molecular complexity index is 684. The van der Waals surface area contributed by atoms with Crippen molar-refractivity contribution in [3.63, 3.8) is 0 Å². The van der Waals surface area contributed by atoms with Gasteiger partial charge in [0.25, 0.3) is 11.8 Å². The van der Waals surface area contributed by atoms with E-state index in [9.17, 15) is 9.59 Å². The molecule has 0 saturated carbocycles. The first-order valence-electron chi connectivity index (χ1n) is 9.77. The average molecular weight is 412 g/mol. The van der Waals surface area contributed by atoms with Crippen LogP contribution in [-0.4, -0.2) is 56.1 Å². The number of nitrogens with one attached hydrogen (secondary N) is 1. The third-order valence-corrected chi connectivity index (χ3v) is 5.18. The Morgan fingerprint density at radius 2 is 2.14 bits per heavy atom. The van der Waals surface area contributed by atoms with Crippen molar-refractivity contribution in [2.75, 3.05) is 33.4 Å². The Labute approximate surface area is 171 Å². The summed E-state index contributed by atoms with van der Waals surface area (Å²) in [6.07, 6.45) is 5.83. The number of nitrogens with zero attached hydrogens (tertiary/aromatic N) is 1. The van der Waals surface area contributed by atoms with Crippen molar-refractivity contribution in [2.45, 2.75) is 45.1 Å². The second kappa shape index (κ2) is 11.1. The lowest BCUT2D eigenvalue weighted by Crippen LogP contribution is -2.47. The molecule has 156 valence electrons. The summed E-state index contributed by atoms with van der Waals surface area (Å²) in [7, 11) is 1.44. The highest BCUT2D eigenvalue weighted by molar-refractivity contribution is 6.32. The van der Waals surface area contributed by atoms with Gasteiger partial charge in [-0.2, -0.15) is 0 Å². The zero-order valence-corrected chi connectivity index (χ0v) is 17.4. The van der Waals surface area contributed by atoms with Crippen LogP contribution < -0.4 is 20.5 Å². The van der Waals surface area contributed by atoms with Gasteiger partial charge in [0.05, 0.1) is 12.1 Å².